The Labute approximate surface area is 115 Å². The Morgan fingerprint density at radius 3 is 2.55 bits per heavy atom. The largest absolute Gasteiger partial charge is 0.497 e. The minimum Gasteiger partial charge on any atom is -0.497 e. The van der Waals surface area contributed by atoms with Crippen LogP contribution in [0.3, 0.4) is 0 Å². The highest BCUT2D eigenvalue weighted by Crippen LogP contribution is 2.18. The third kappa shape index (κ3) is 3.71. The van der Waals surface area contributed by atoms with Crippen molar-refractivity contribution in [3.63, 3.8) is 0 Å². The number of benzene rings is 1. The van der Waals surface area contributed by atoms with Crippen molar-refractivity contribution in [2.75, 3.05) is 7.11 Å². The molecule has 0 saturated heterocycles. The highest BCUT2D eigenvalue weighted by Gasteiger charge is 2.26. The Morgan fingerprint density at radius 1 is 1.15 bits per heavy atom. The lowest BCUT2D eigenvalue weighted by Crippen LogP contribution is -2.48. The first-order chi connectivity index (χ1) is 9.60. The smallest absolute Gasteiger partial charge is 0.327 e. The van der Waals surface area contributed by atoms with Crippen LogP contribution in [0.25, 0.3) is 0 Å². The number of nitrogens with one attached hydrogen (secondary N) is 3. The summed E-state index contributed by atoms with van der Waals surface area (Å²) in [4.78, 5) is 34.5. The maximum atomic E-state index is 11.8. The Balaban J connectivity index is 1.84. The monoisotopic (exact) mass is 277 g/mol. The van der Waals surface area contributed by atoms with Crippen LogP contribution in [-0.4, -0.2) is 30.9 Å². The lowest BCUT2D eigenvalue weighted by atomic mass is 10.2. The van der Waals surface area contributed by atoms with Gasteiger partial charge in [0.25, 0.3) is 5.91 Å². The molecule has 3 amide bonds. The van der Waals surface area contributed by atoms with E-state index < -0.39 is 17.7 Å². The lowest BCUT2D eigenvalue weighted by molar-refractivity contribution is -0.139. The van der Waals surface area contributed by atoms with Gasteiger partial charge in [0, 0.05) is 11.6 Å². The van der Waals surface area contributed by atoms with Gasteiger partial charge < -0.3 is 10.1 Å². The van der Waals surface area contributed by atoms with E-state index in [0.29, 0.717) is 11.3 Å². The van der Waals surface area contributed by atoms with Crippen LogP contribution in [0.5, 0.6) is 5.75 Å². The number of methoxy groups -OCH3 is 1. The number of carbonyl (C=O) groups excluding carboxylic acids is 3. The van der Waals surface area contributed by atoms with E-state index in [0.717, 1.165) is 12.8 Å². The van der Waals surface area contributed by atoms with Crippen LogP contribution in [-0.2, 0) is 9.59 Å². The van der Waals surface area contributed by atoms with Gasteiger partial charge in [0.15, 0.2) is 0 Å². The molecule has 1 aromatic rings. The normalized spacial score (nSPS) is 13.2. The molecule has 0 heterocycles. The molecule has 0 spiro atoms. The molecule has 1 fully saturated rings. The van der Waals surface area contributed by atoms with E-state index in [2.05, 4.69) is 16.2 Å². The first-order valence-electron chi connectivity index (χ1n) is 6.15. The molecule has 0 radical (unpaired) electrons. The van der Waals surface area contributed by atoms with Crippen molar-refractivity contribution < 1.29 is 19.1 Å². The molecule has 7 heteroatoms. The molecule has 20 heavy (non-hydrogen) atoms. The van der Waals surface area contributed by atoms with Crippen molar-refractivity contribution in [3.05, 3.63) is 29.8 Å². The number of amides is 3. The molecular weight excluding hydrogens is 262 g/mol. The Kier molecular flexibility index (Phi) is 4.19. The fourth-order valence-electron chi connectivity index (χ4n) is 1.49. The molecule has 0 atom stereocenters. The third-order valence-electron chi connectivity index (χ3n) is 2.74. The summed E-state index contributed by atoms with van der Waals surface area (Å²) in [6.45, 7) is 0. The average Bonchev–Trinajstić information content (AvgIpc) is 3.28. The molecule has 1 aliphatic carbocycles. The van der Waals surface area contributed by atoms with E-state index in [4.69, 9.17) is 4.74 Å². The highest BCUT2D eigenvalue weighted by atomic mass is 16.5. The molecule has 106 valence electrons. The number of hydrogen-bond acceptors (Lipinski definition) is 4. The van der Waals surface area contributed by atoms with Gasteiger partial charge >= 0.3 is 11.8 Å². The van der Waals surface area contributed by atoms with Crippen molar-refractivity contribution in [3.8, 4) is 5.75 Å². The van der Waals surface area contributed by atoms with Crippen LogP contribution in [0.2, 0.25) is 0 Å². The van der Waals surface area contributed by atoms with Crippen LogP contribution >= 0.6 is 0 Å². The minimum absolute atomic E-state index is 0.0855. The van der Waals surface area contributed by atoms with E-state index in [9.17, 15) is 14.4 Å². The minimum atomic E-state index is -0.895. The fourth-order valence-corrected chi connectivity index (χ4v) is 1.49. The molecule has 7 nitrogen and oxygen atoms in total. The summed E-state index contributed by atoms with van der Waals surface area (Å²) in [7, 11) is 1.49. The zero-order chi connectivity index (χ0) is 14.5. The van der Waals surface area contributed by atoms with Crippen LogP contribution in [0.4, 0.5) is 0 Å². The molecule has 1 aliphatic rings. The zero-order valence-electron chi connectivity index (χ0n) is 10.9. The second kappa shape index (κ2) is 6.05. The van der Waals surface area contributed by atoms with Gasteiger partial charge in [-0.3, -0.25) is 25.2 Å². The van der Waals surface area contributed by atoms with Gasteiger partial charge in [0.2, 0.25) is 0 Å². The summed E-state index contributed by atoms with van der Waals surface area (Å²) in [6, 6.07) is 6.51. The molecular formula is C13H15N3O4. The Morgan fingerprint density at radius 2 is 1.90 bits per heavy atom. The van der Waals surface area contributed by atoms with Crippen LogP contribution in [0.15, 0.2) is 24.3 Å². The van der Waals surface area contributed by atoms with Gasteiger partial charge in [0.05, 0.1) is 7.11 Å². The molecule has 1 aromatic carbocycles. The fraction of sp³-hybridized carbons (Fsp3) is 0.308. The zero-order valence-corrected chi connectivity index (χ0v) is 10.9. The molecule has 0 aromatic heterocycles. The topological polar surface area (TPSA) is 96.5 Å². The first kappa shape index (κ1) is 13.9. The van der Waals surface area contributed by atoms with Crippen molar-refractivity contribution in [2.24, 2.45) is 0 Å². The van der Waals surface area contributed by atoms with Crippen molar-refractivity contribution >= 4 is 17.7 Å². The molecule has 0 unspecified atom stereocenters. The number of hydrogen-bond donors (Lipinski definition) is 3. The van der Waals surface area contributed by atoms with E-state index in [1.54, 1.807) is 18.2 Å². The molecule has 1 saturated carbocycles. The number of ether oxygens (including phenoxy) is 1. The van der Waals surface area contributed by atoms with Crippen LogP contribution < -0.4 is 20.9 Å². The Bertz CT molecular complexity index is 540. The second-order valence-corrected chi connectivity index (χ2v) is 4.39. The molecule has 3 N–H and O–H groups in total. The number of hydrazine groups is 1. The van der Waals surface area contributed by atoms with E-state index in [1.807, 2.05) is 0 Å². The highest BCUT2D eigenvalue weighted by molar-refractivity contribution is 6.35. The van der Waals surface area contributed by atoms with Crippen LogP contribution in [0, 0.1) is 0 Å². The summed E-state index contributed by atoms with van der Waals surface area (Å²) in [6.07, 6.45) is 1.77. The number of carbonyl (C=O) groups is 3. The first-order valence-corrected chi connectivity index (χ1v) is 6.15. The second-order valence-electron chi connectivity index (χ2n) is 4.39. The van der Waals surface area contributed by atoms with Gasteiger partial charge in [-0.25, -0.2) is 0 Å². The third-order valence-corrected chi connectivity index (χ3v) is 2.74. The van der Waals surface area contributed by atoms with Crippen molar-refractivity contribution in [2.45, 2.75) is 18.9 Å². The molecule has 0 aliphatic heterocycles. The SMILES string of the molecule is COc1cccc(C(=O)NNC(=O)C(=O)NC2CC2)c1. The Hall–Kier alpha value is -2.57. The molecule has 0 bridgehead atoms. The quantitative estimate of drug-likeness (QED) is 0.523. The average molecular weight is 277 g/mol. The van der Waals surface area contributed by atoms with E-state index in [-0.39, 0.29) is 6.04 Å². The van der Waals surface area contributed by atoms with Gasteiger partial charge in [-0.05, 0) is 31.0 Å². The summed E-state index contributed by atoms with van der Waals surface area (Å²) in [5.41, 5.74) is 4.54. The lowest BCUT2D eigenvalue weighted by Gasteiger charge is -2.08. The van der Waals surface area contributed by atoms with E-state index >= 15 is 0 Å². The van der Waals surface area contributed by atoms with Gasteiger partial charge in [0.1, 0.15) is 5.75 Å². The summed E-state index contributed by atoms with van der Waals surface area (Å²) in [5, 5.41) is 2.51. The number of rotatable bonds is 3. The van der Waals surface area contributed by atoms with Gasteiger partial charge in [-0.2, -0.15) is 0 Å². The maximum Gasteiger partial charge on any atom is 0.327 e. The van der Waals surface area contributed by atoms with Crippen LogP contribution in [0.1, 0.15) is 23.2 Å². The summed E-state index contributed by atoms with van der Waals surface area (Å²) in [5.74, 6) is -1.65. The van der Waals surface area contributed by atoms with E-state index in [1.165, 1.54) is 13.2 Å². The predicted molar refractivity (Wildman–Crippen MR) is 69.8 cm³/mol. The predicted octanol–water partition coefficient (Wildman–Crippen LogP) is -0.265. The summed E-state index contributed by atoms with van der Waals surface area (Å²) >= 11 is 0. The summed E-state index contributed by atoms with van der Waals surface area (Å²) < 4.78 is 4.99. The standard InChI is InChI=1S/C13H15N3O4/c1-20-10-4-2-3-8(7-10)11(17)15-16-13(19)12(18)14-9-5-6-9/h2-4,7,9H,5-6H2,1H3,(H,14,18)(H,15,17)(H,16,19). The van der Waals surface area contributed by atoms with Gasteiger partial charge in [-0.1, -0.05) is 6.07 Å². The molecule has 2 rings (SSSR count). The van der Waals surface area contributed by atoms with Crippen molar-refractivity contribution in [1.82, 2.24) is 16.2 Å². The maximum absolute atomic E-state index is 11.8. The van der Waals surface area contributed by atoms with Crippen molar-refractivity contribution in [1.29, 1.82) is 0 Å². The van der Waals surface area contributed by atoms with Gasteiger partial charge in [-0.15, -0.1) is 0 Å².